The molecule has 2 saturated carbocycles. The van der Waals surface area contributed by atoms with E-state index in [1.165, 1.54) is 51.4 Å². The van der Waals surface area contributed by atoms with Crippen LogP contribution in [0, 0.1) is 29.4 Å². The minimum absolute atomic E-state index is 0.0802. The Hall–Kier alpha value is -0.330. The van der Waals surface area contributed by atoms with Gasteiger partial charge in [0.05, 0.1) is 0 Å². The molecule has 0 bridgehead atoms. The fourth-order valence-corrected chi connectivity index (χ4v) is 6.09. The van der Waals surface area contributed by atoms with Gasteiger partial charge in [0, 0.05) is 22.6 Å². The van der Waals surface area contributed by atoms with Crippen molar-refractivity contribution in [2.24, 2.45) is 17.8 Å². The molecule has 0 radical (unpaired) electrons. The monoisotopic (exact) mass is 524 g/mol. The molecule has 5 heteroatoms. The van der Waals surface area contributed by atoms with Crippen molar-refractivity contribution in [2.75, 3.05) is 0 Å². The molecular formula is C24H33F4I. The van der Waals surface area contributed by atoms with Crippen molar-refractivity contribution in [3.05, 3.63) is 34.9 Å². The third-order valence-electron chi connectivity index (χ3n) is 7.31. The summed E-state index contributed by atoms with van der Waals surface area (Å²) in [4.78, 5) is 0. The molecular weight excluding hydrogens is 491 g/mol. The van der Waals surface area contributed by atoms with Crippen LogP contribution in [0.4, 0.5) is 17.6 Å². The van der Waals surface area contributed by atoms with Crippen LogP contribution in [0.15, 0.2) is 12.1 Å². The first-order valence-corrected chi connectivity index (χ1v) is 12.4. The van der Waals surface area contributed by atoms with Crippen molar-refractivity contribution in [1.29, 1.82) is 0 Å². The van der Waals surface area contributed by atoms with Crippen LogP contribution in [0.3, 0.4) is 0 Å². The predicted octanol–water partition coefficient (Wildman–Crippen LogP) is 9.11. The molecule has 2 aliphatic rings. The Morgan fingerprint density at radius 1 is 0.793 bits per heavy atom. The summed E-state index contributed by atoms with van der Waals surface area (Å²) in [5, 5.41) is 0. The van der Waals surface area contributed by atoms with E-state index in [9.17, 15) is 17.6 Å². The fourth-order valence-electron chi connectivity index (χ4n) is 5.57. The molecule has 0 spiro atoms. The van der Waals surface area contributed by atoms with Crippen molar-refractivity contribution in [1.82, 2.24) is 0 Å². The van der Waals surface area contributed by atoms with Gasteiger partial charge in [-0.25, -0.2) is 8.78 Å². The van der Waals surface area contributed by atoms with Gasteiger partial charge in [0.1, 0.15) is 17.2 Å². The Morgan fingerprint density at radius 3 is 1.62 bits per heavy atom. The Morgan fingerprint density at radius 2 is 1.21 bits per heavy atom. The van der Waals surface area contributed by atoms with Crippen LogP contribution in [0.2, 0.25) is 0 Å². The molecule has 0 N–H and O–H groups in total. The molecule has 2 aliphatic carbocycles. The van der Waals surface area contributed by atoms with E-state index in [4.69, 9.17) is 0 Å². The number of hydrogen-bond donors (Lipinski definition) is 0. The minimum atomic E-state index is -3.53. The van der Waals surface area contributed by atoms with Crippen LogP contribution in [-0.2, 0) is 3.93 Å². The summed E-state index contributed by atoms with van der Waals surface area (Å²) in [6, 6.07) is 2.26. The Kier molecular flexibility index (Phi) is 8.30. The lowest BCUT2D eigenvalue weighted by Gasteiger charge is -2.32. The third-order valence-corrected chi connectivity index (χ3v) is 7.85. The summed E-state index contributed by atoms with van der Waals surface area (Å²) in [7, 11) is 0. The SMILES string of the molecule is CCCC1CCC(CCC2CCC(c3cc(F)c(C(F)(F)I)c(F)c3)CC2)CC1. The van der Waals surface area contributed by atoms with E-state index in [1.807, 2.05) is 0 Å². The molecule has 0 nitrogen and oxygen atoms in total. The lowest BCUT2D eigenvalue weighted by Crippen LogP contribution is -2.18. The Bertz CT molecular complexity index is 630. The van der Waals surface area contributed by atoms with Crippen molar-refractivity contribution in [3.8, 4) is 0 Å². The normalized spacial score (nSPS) is 28.5. The van der Waals surface area contributed by atoms with E-state index in [0.717, 1.165) is 72.2 Å². The maximum Gasteiger partial charge on any atom is 0.327 e. The molecule has 2 fully saturated rings. The van der Waals surface area contributed by atoms with Crippen LogP contribution in [0.25, 0.3) is 0 Å². The highest BCUT2D eigenvalue weighted by Crippen LogP contribution is 2.43. The van der Waals surface area contributed by atoms with Crippen LogP contribution in [-0.4, -0.2) is 0 Å². The minimum Gasteiger partial charge on any atom is -0.206 e. The van der Waals surface area contributed by atoms with Crippen LogP contribution < -0.4 is 0 Å². The van der Waals surface area contributed by atoms with E-state index in [0.29, 0.717) is 11.5 Å². The van der Waals surface area contributed by atoms with Gasteiger partial charge in [0.15, 0.2) is 0 Å². The number of halogens is 5. The largest absolute Gasteiger partial charge is 0.327 e. The van der Waals surface area contributed by atoms with Gasteiger partial charge in [-0.2, -0.15) is 8.78 Å². The van der Waals surface area contributed by atoms with E-state index >= 15 is 0 Å². The standard InChI is InChI=1S/C24H33F4I/c1-2-3-16-4-6-17(7-5-16)8-9-18-10-12-19(13-11-18)20-14-21(25)23(22(26)15-20)24(27,28)29/h14-19H,2-13H2,1H3. The number of hydrogen-bond acceptors (Lipinski definition) is 0. The molecule has 0 aliphatic heterocycles. The van der Waals surface area contributed by atoms with Crippen molar-refractivity contribution >= 4 is 22.6 Å². The molecule has 0 aromatic heterocycles. The van der Waals surface area contributed by atoms with Gasteiger partial charge in [-0.3, -0.25) is 0 Å². The highest BCUT2D eigenvalue weighted by molar-refractivity contribution is 14.1. The van der Waals surface area contributed by atoms with Gasteiger partial charge in [0.2, 0.25) is 0 Å². The lowest BCUT2D eigenvalue weighted by molar-refractivity contribution is 0.117. The highest BCUT2D eigenvalue weighted by Gasteiger charge is 2.35. The zero-order valence-electron chi connectivity index (χ0n) is 17.3. The average Bonchev–Trinajstić information content (AvgIpc) is 2.66. The first kappa shape index (κ1) is 23.3. The molecule has 3 rings (SSSR count). The van der Waals surface area contributed by atoms with Gasteiger partial charge < -0.3 is 0 Å². The molecule has 0 atom stereocenters. The number of rotatable bonds is 7. The van der Waals surface area contributed by atoms with Gasteiger partial charge in [0.25, 0.3) is 0 Å². The van der Waals surface area contributed by atoms with Crippen molar-refractivity contribution in [3.63, 3.8) is 0 Å². The molecule has 0 unspecified atom stereocenters. The maximum absolute atomic E-state index is 14.1. The van der Waals surface area contributed by atoms with E-state index in [2.05, 4.69) is 6.92 Å². The molecule has 0 heterocycles. The molecule has 1 aromatic carbocycles. The average molecular weight is 524 g/mol. The predicted molar refractivity (Wildman–Crippen MR) is 119 cm³/mol. The molecule has 164 valence electrons. The third kappa shape index (κ3) is 6.33. The Labute approximate surface area is 186 Å². The van der Waals surface area contributed by atoms with E-state index in [1.54, 1.807) is 0 Å². The summed E-state index contributed by atoms with van der Waals surface area (Å²) in [5.74, 6) is 0.363. The molecule has 29 heavy (non-hydrogen) atoms. The second-order valence-corrected chi connectivity index (χ2v) is 10.7. The first-order chi connectivity index (χ1) is 13.8. The first-order valence-electron chi connectivity index (χ1n) is 11.3. The summed E-state index contributed by atoms with van der Waals surface area (Å²) < 4.78 is 51.5. The van der Waals surface area contributed by atoms with Gasteiger partial charge in [-0.05, 0) is 67.1 Å². The summed E-state index contributed by atoms with van der Waals surface area (Å²) >= 11 is 0.782. The van der Waals surface area contributed by atoms with Crippen molar-refractivity contribution in [2.45, 2.75) is 93.8 Å². The summed E-state index contributed by atoms with van der Waals surface area (Å²) in [6.07, 6.45) is 14.8. The summed E-state index contributed by atoms with van der Waals surface area (Å²) in [5.41, 5.74) is -0.582. The lowest BCUT2D eigenvalue weighted by atomic mass is 9.74. The number of benzene rings is 1. The number of alkyl halides is 3. The van der Waals surface area contributed by atoms with Crippen LogP contribution >= 0.6 is 22.6 Å². The van der Waals surface area contributed by atoms with E-state index < -0.39 is 21.1 Å². The zero-order chi connectivity index (χ0) is 21.0. The van der Waals surface area contributed by atoms with Gasteiger partial charge in [-0.1, -0.05) is 58.3 Å². The van der Waals surface area contributed by atoms with E-state index in [-0.39, 0.29) is 5.92 Å². The molecule has 0 amide bonds. The topological polar surface area (TPSA) is 0 Å². The van der Waals surface area contributed by atoms with Crippen LogP contribution in [0.1, 0.15) is 101 Å². The smallest absolute Gasteiger partial charge is 0.206 e. The Balaban J connectivity index is 1.46. The molecule has 0 saturated heterocycles. The van der Waals surface area contributed by atoms with Gasteiger partial charge in [-0.15, -0.1) is 0 Å². The highest BCUT2D eigenvalue weighted by atomic mass is 127. The maximum atomic E-state index is 14.1. The summed E-state index contributed by atoms with van der Waals surface area (Å²) in [6.45, 7) is 2.28. The molecule has 1 aromatic rings. The second-order valence-electron chi connectivity index (χ2n) is 9.33. The fraction of sp³-hybridized carbons (Fsp3) is 0.750. The quantitative estimate of drug-likeness (QED) is 0.190. The van der Waals surface area contributed by atoms with Crippen molar-refractivity contribution < 1.29 is 17.6 Å². The second kappa shape index (κ2) is 10.3. The zero-order valence-corrected chi connectivity index (χ0v) is 19.5. The van der Waals surface area contributed by atoms with Gasteiger partial charge >= 0.3 is 3.93 Å². The van der Waals surface area contributed by atoms with Crippen LogP contribution in [0.5, 0.6) is 0 Å².